The van der Waals surface area contributed by atoms with Gasteiger partial charge in [0.25, 0.3) is 0 Å². The first-order valence-electron chi connectivity index (χ1n) is 11.0. The Morgan fingerprint density at radius 1 is 1.06 bits per heavy atom. The number of carbonyl (C=O) groups excluding carboxylic acids is 1. The monoisotopic (exact) mass is 484 g/mol. The van der Waals surface area contributed by atoms with Gasteiger partial charge in [-0.25, -0.2) is 22.4 Å². The molecule has 4 nitrogen and oxygen atoms in total. The Labute approximate surface area is 196 Å². The normalized spacial score (nSPS) is 18.2. The highest BCUT2D eigenvalue weighted by Gasteiger charge is 2.36. The lowest BCUT2D eigenvalue weighted by Gasteiger charge is -2.30. The van der Waals surface area contributed by atoms with Crippen LogP contribution in [-0.2, 0) is 17.8 Å². The molecule has 0 saturated carbocycles. The second-order valence-corrected chi connectivity index (χ2v) is 9.04. The third-order valence-electron chi connectivity index (χ3n) is 5.62. The van der Waals surface area contributed by atoms with E-state index in [0.717, 1.165) is 49.2 Å². The van der Waals surface area contributed by atoms with E-state index in [-0.39, 0.29) is 42.1 Å². The van der Waals surface area contributed by atoms with Gasteiger partial charge in [-0.15, -0.1) is 0 Å². The van der Waals surface area contributed by atoms with Crippen LogP contribution in [0, 0.1) is 23.3 Å². The van der Waals surface area contributed by atoms with Crippen LogP contribution in [-0.4, -0.2) is 46.9 Å². The molecule has 0 N–H and O–H groups in total. The average molecular weight is 485 g/mol. The van der Waals surface area contributed by atoms with Crippen LogP contribution in [0.2, 0.25) is 0 Å². The molecule has 3 rings (SSSR count). The summed E-state index contributed by atoms with van der Waals surface area (Å²) in [5.74, 6) is -2.40. The van der Waals surface area contributed by atoms with Crippen LogP contribution in [0.4, 0.5) is 22.4 Å². The van der Waals surface area contributed by atoms with E-state index in [1.807, 2.05) is 6.92 Å². The van der Waals surface area contributed by atoms with Gasteiger partial charge in [-0.3, -0.25) is 4.90 Å². The fourth-order valence-electron chi connectivity index (χ4n) is 3.97. The average Bonchev–Trinajstić information content (AvgIpc) is 3.13. The first-order chi connectivity index (χ1) is 15.8. The fourth-order valence-corrected chi connectivity index (χ4v) is 4.39. The molecule has 0 unspecified atom stereocenters. The van der Waals surface area contributed by atoms with E-state index >= 15 is 0 Å². The lowest BCUT2D eigenvalue weighted by atomic mass is 10.1. The second-order valence-electron chi connectivity index (χ2n) is 8.30. The molecule has 1 aliphatic rings. The summed E-state index contributed by atoms with van der Waals surface area (Å²) in [5.41, 5.74) is 0.175. The second kappa shape index (κ2) is 11.7. The largest absolute Gasteiger partial charge is 0.449 e. The van der Waals surface area contributed by atoms with Crippen LogP contribution >= 0.6 is 12.6 Å². The number of halogens is 4. The van der Waals surface area contributed by atoms with Gasteiger partial charge >= 0.3 is 6.09 Å². The number of nitrogens with zero attached hydrogens (tertiary/aromatic N) is 2. The molecule has 1 saturated heterocycles. The van der Waals surface area contributed by atoms with Gasteiger partial charge in [-0.2, -0.15) is 12.6 Å². The zero-order valence-corrected chi connectivity index (χ0v) is 19.3. The third kappa shape index (κ3) is 7.11. The Morgan fingerprint density at radius 2 is 1.64 bits per heavy atom. The van der Waals surface area contributed by atoms with Crippen molar-refractivity contribution in [1.29, 1.82) is 0 Å². The number of carbonyl (C=O) groups is 1. The lowest BCUT2D eigenvalue weighted by Crippen LogP contribution is -2.43. The summed E-state index contributed by atoms with van der Waals surface area (Å²) >= 11 is 4.51. The maximum atomic E-state index is 14.3. The van der Waals surface area contributed by atoms with Crippen LogP contribution in [0.25, 0.3) is 0 Å². The third-order valence-corrected chi connectivity index (χ3v) is 6.00. The highest BCUT2D eigenvalue weighted by atomic mass is 32.1. The first-order valence-corrected chi connectivity index (χ1v) is 11.5. The van der Waals surface area contributed by atoms with E-state index in [0.29, 0.717) is 19.6 Å². The zero-order valence-electron chi connectivity index (χ0n) is 18.4. The van der Waals surface area contributed by atoms with Crippen molar-refractivity contribution in [2.45, 2.75) is 50.6 Å². The van der Waals surface area contributed by atoms with Gasteiger partial charge in [0.15, 0.2) is 0 Å². The summed E-state index contributed by atoms with van der Waals surface area (Å²) in [6, 6.07) is 5.94. The number of rotatable bonds is 9. The molecule has 2 atom stereocenters. The minimum Gasteiger partial charge on any atom is -0.449 e. The molecule has 1 aliphatic heterocycles. The maximum absolute atomic E-state index is 14.3. The Balaban J connectivity index is 1.82. The van der Waals surface area contributed by atoms with E-state index in [1.54, 1.807) is 9.80 Å². The molecule has 0 spiro atoms. The Hall–Kier alpha value is -2.26. The van der Waals surface area contributed by atoms with Crippen molar-refractivity contribution in [2.24, 2.45) is 0 Å². The molecule has 33 heavy (non-hydrogen) atoms. The smallest absolute Gasteiger partial charge is 0.410 e. The number of hydrogen-bond acceptors (Lipinski definition) is 4. The van der Waals surface area contributed by atoms with E-state index < -0.39 is 29.4 Å². The van der Waals surface area contributed by atoms with Gasteiger partial charge in [0.1, 0.15) is 23.3 Å². The first kappa shape index (κ1) is 25.4. The summed E-state index contributed by atoms with van der Waals surface area (Å²) in [7, 11) is 0. The van der Waals surface area contributed by atoms with Crippen LogP contribution < -0.4 is 0 Å². The van der Waals surface area contributed by atoms with Crippen LogP contribution in [0.15, 0.2) is 36.4 Å². The number of ether oxygens (including phenoxy) is 1. The standard InChI is InChI=1S/C24H28F4N2O2S/c1-2-3-8-32-24(31)30-15-21(33)11-20(30)14-29(12-16-9-18(25)4-6-22(16)27)13-17-10-19(26)5-7-23(17)28/h4-7,9-10,20-21,33H,2-3,8,11-15H2,1H3/t20-,21+/m0/s1. The van der Waals surface area contributed by atoms with Gasteiger partial charge in [0.05, 0.1) is 6.61 Å². The van der Waals surface area contributed by atoms with Crippen molar-refractivity contribution < 1.29 is 27.1 Å². The fraction of sp³-hybridized carbons (Fsp3) is 0.458. The molecule has 0 aliphatic carbocycles. The van der Waals surface area contributed by atoms with Gasteiger partial charge in [0.2, 0.25) is 0 Å². The molecule has 1 amide bonds. The van der Waals surface area contributed by atoms with E-state index in [9.17, 15) is 22.4 Å². The molecule has 1 heterocycles. The van der Waals surface area contributed by atoms with Crippen molar-refractivity contribution in [2.75, 3.05) is 19.7 Å². The summed E-state index contributed by atoms with van der Waals surface area (Å²) in [6.45, 7) is 2.81. The number of hydrogen-bond donors (Lipinski definition) is 1. The molecule has 0 radical (unpaired) electrons. The molecule has 1 fully saturated rings. The Morgan fingerprint density at radius 3 is 2.18 bits per heavy atom. The number of amides is 1. The molecule has 180 valence electrons. The Kier molecular flexibility index (Phi) is 9.02. The topological polar surface area (TPSA) is 32.8 Å². The van der Waals surface area contributed by atoms with E-state index in [2.05, 4.69) is 12.6 Å². The predicted molar refractivity (Wildman–Crippen MR) is 121 cm³/mol. The molecule has 9 heteroatoms. The highest BCUT2D eigenvalue weighted by molar-refractivity contribution is 7.81. The van der Waals surface area contributed by atoms with Crippen molar-refractivity contribution >= 4 is 18.7 Å². The molecule has 2 aromatic rings. The van der Waals surface area contributed by atoms with E-state index in [1.165, 1.54) is 0 Å². The van der Waals surface area contributed by atoms with Gasteiger partial charge < -0.3 is 9.64 Å². The SMILES string of the molecule is CCCCOC(=O)N1C[C@H](S)C[C@H]1CN(Cc1cc(F)ccc1F)Cc1cc(F)ccc1F. The molecule has 0 bridgehead atoms. The molecular weight excluding hydrogens is 456 g/mol. The van der Waals surface area contributed by atoms with Crippen LogP contribution in [0.5, 0.6) is 0 Å². The summed E-state index contributed by atoms with van der Waals surface area (Å²) in [5, 5.41) is -0.0765. The number of likely N-dealkylation sites (tertiary alicyclic amines) is 1. The van der Waals surface area contributed by atoms with Crippen molar-refractivity contribution in [3.8, 4) is 0 Å². The highest BCUT2D eigenvalue weighted by Crippen LogP contribution is 2.26. The quantitative estimate of drug-likeness (QED) is 0.288. The Bertz CT molecular complexity index is 909. The molecule has 2 aromatic carbocycles. The number of unbranched alkanes of at least 4 members (excludes halogenated alkanes) is 1. The molecule has 0 aromatic heterocycles. The summed E-state index contributed by atoms with van der Waals surface area (Å²) in [4.78, 5) is 15.9. The summed E-state index contributed by atoms with van der Waals surface area (Å²) in [6.07, 6.45) is 1.73. The minimum atomic E-state index is -0.601. The predicted octanol–water partition coefficient (Wildman–Crippen LogP) is 5.55. The summed E-state index contributed by atoms with van der Waals surface area (Å²) < 4.78 is 61.5. The van der Waals surface area contributed by atoms with Gasteiger partial charge in [-0.1, -0.05) is 13.3 Å². The van der Waals surface area contributed by atoms with E-state index in [4.69, 9.17) is 4.74 Å². The lowest BCUT2D eigenvalue weighted by molar-refractivity contribution is 0.0862. The van der Waals surface area contributed by atoms with Crippen LogP contribution in [0.1, 0.15) is 37.3 Å². The van der Waals surface area contributed by atoms with Crippen molar-refractivity contribution in [3.05, 3.63) is 70.8 Å². The maximum Gasteiger partial charge on any atom is 0.410 e. The number of benzene rings is 2. The van der Waals surface area contributed by atoms with Crippen molar-refractivity contribution in [1.82, 2.24) is 9.80 Å². The molecular formula is C24H28F4N2O2S. The van der Waals surface area contributed by atoms with Gasteiger partial charge in [0, 0.05) is 48.6 Å². The number of thiol groups is 1. The zero-order chi connectivity index (χ0) is 24.0. The van der Waals surface area contributed by atoms with Gasteiger partial charge in [-0.05, 0) is 49.2 Å². The van der Waals surface area contributed by atoms with Crippen LogP contribution in [0.3, 0.4) is 0 Å². The van der Waals surface area contributed by atoms with Crippen molar-refractivity contribution in [3.63, 3.8) is 0 Å². The minimum absolute atomic E-state index is 0.0496.